The van der Waals surface area contributed by atoms with Gasteiger partial charge in [-0.3, -0.25) is 9.59 Å². The second kappa shape index (κ2) is 12.1. The maximum atomic E-state index is 14.5. The molecule has 0 aliphatic carbocycles. The molecule has 0 unspecified atom stereocenters. The van der Waals surface area contributed by atoms with Gasteiger partial charge in [-0.15, -0.1) is 0 Å². The first-order valence-corrected chi connectivity index (χ1v) is 14.7. The molecule has 0 amide bonds. The van der Waals surface area contributed by atoms with Crippen molar-refractivity contribution in [2.75, 3.05) is 0 Å². The number of aryl methyl sites for hydroxylation is 2. The first-order valence-electron chi connectivity index (χ1n) is 14.7. The number of aromatic hydroxyl groups is 4. The van der Waals surface area contributed by atoms with Crippen molar-refractivity contribution in [3.8, 4) is 23.0 Å². The van der Waals surface area contributed by atoms with Crippen molar-refractivity contribution in [3.05, 3.63) is 152 Å². The molecule has 0 saturated heterocycles. The van der Waals surface area contributed by atoms with E-state index in [2.05, 4.69) is 4.98 Å². The topological polar surface area (TPSA) is 131 Å². The van der Waals surface area contributed by atoms with E-state index < -0.39 is 34.7 Å². The number of aromatic nitrogens is 1. The molecule has 236 valence electrons. The number of fused-ring (bicyclic) bond motifs is 1. The summed E-state index contributed by atoms with van der Waals surface area (Å²) in [5, 5.41) is 45.6. The Morgan fingerprint density at radius 2 is 1.02 bits per heavy atom. The molecule has 7 nitrogen and oxygen atoms in total. The van der Waals surface area contributed by atoms with Gasteiger partial charge in [0.25, 0.3) is 0 Å². The molecule has 6 rings (SSSR count). The van der Waals surface area contributed by atoms with Crippen LogP contribution in [0.25, 0.3) is 10.9 Å². The molecule has 0 fully saturated rings. The van der Waals surface area contributed by atoms with Crippen molar-refractivity contribution >= 4 is 22.5 Å². The number of carbonyl (C=O) groups excluding carboxylic acids is 2. The molecule has 0 aliphatic heterocycles. The zero-order valence-electron chi connectivity index (χ0n) is 25.4. The highest BCUT2D eigenvalue weighted by Crippen LogP contribution is 2.41. The van der Waals surface area contributed by atoms with E-state index in [9.17, 15) is 38.8 Å². The van der Waals surface area contributed by atoms with Crippen LogP contribution in [0.5, 0.6) is 23.0 Å². The van der Waals surface area contributed by atoms with Crippen molar-refractivity contribution in [3.63, 3.8) is 0 Å². The number of hydrogen-bond acceptors (Lipinski definition) is 6. The Bertz CT molecular complexity index is 2240. The monoisotopic (exact) mass is 633 g/mol. The summed E-state index contributed by atoms with van der Waals surface area (Å²) in [6, 6.07) is 20.6. The number of rotatable bonds is 8. The van der Waals surface area contributed by atoms with E-state index in [4.69, 9.17) is 0 Å². The molecule has 0 saturated carbocycles. The molecular weight excluding hydrogens is 604 g/mol. The quantitative estimate of drug-likeness (QED) is 0.110. The third kappa shape index (κ3) is 5.46. The van der Waals surface area contributed by atoms with Gasteiger partial charge in [-0.1, -0.05) is 42.5 Å². The van der Waals surface area contributed by atoms with Gasteiger partial charge >= 0.3 is 0 Å². The van der Waals surface area contributed by atoms with Crippen LogP contribution in [0.3, 0.4) is 0 Å². The highest BCUT2D eigenvalue weighted by Gasteiger charge is 2.27. The summed E-state index contributed by atoms with van der Waals surface area (Å²) >= 11 is 0. The van der Waals surface area contributed by atoms with Gasteiger partial charge in [0, 0.05) is 40.6 Å². The van der Waals surface area contributed by atoms with Crippen molar-refractivity contribution in [1.29, 1.82) is 0 Å². The fourth-order valence-corrected chi connectivity index (χ4v) is 5.96. The van der Waals surface area contributed by atoms with Gasteiger partial charge in [0.15, 0.2) is 11.6 Å². The highest BCUT2D eigenvalue weighted by atomic mass is 19.1. The lowest BCUT2D eigenvalue weighted by atomic mass is 9.90. The smallest absolute Gasteiger partial charge is 0.199 e. The summed E-state index contributed by atoms with van der Waals surface area (Å²) in [4.78, 5) is 29.9. The predicted octanol–water partition coefficient (Wildman–Crippen LogP) is 7.53. The zero-order valence-corrected chi connectivity index (χ0v) is 25.4. The number of nitrogens with one attached hydrogen (secondary N) is 1. The third-order valence-corrected chi connectivity index (χ3v) is 8.46. The maximum Gasteiger partial charge on any atom is 0.199 e. The molecule has 5 N–H and O–H groups in total. The fraction of sp³-hybridized carbons (Fsp3) is 0.105. The van der Waals surface area contributed by atoms with Crippen molar-refractivity contribution < 1.29 is 38.8 Å². The molecule has 0 radical (unpaired) electrons. The Hall–Kier alpha value is -5.96. The average molecular weight is 634 g/mol. The summed E-state index contributed by atoms with van der Waals surface area (Å²) in [6.45, 7) is 3.11. The lowest BCUT2D eigenvalue weighted by molar-refractivity contribution is 0.102. The summed E-state index contributed by atoms with van der Waals surface area (Å²) in [6.07, 6.45) is -0.236. The van der Waals surface area contributed by atoms with Crippen LogP contribution in [0.1, 0.15) is 65.4 Å². The number of aromatic amines is 1. The molecule has 0 spiro atoms. The van der Waals surface area contributed by atoms with E-state index in [1.165, 1.54) is 48.5 Å². The number of halogens is 2. The fourth-order valence-electron chi connectivity index (χ4n) is 5.96. The van der Waals surface area contributed by atoms with Crippen LogP contribution >= 0.6 is 0 Å². The maximum absolute atomic E-state index is 14.5. The predicted molar refractivity (Wildman–Crippen MR) is 173 cm³/mol. The molecule has 6 aromatic rings. The van der Waals surface area contributed by atoms with Gasteiger partial charge < -0.3 is 25.4 Å². The molecule has 47 heavy (non-hydrogen) atoms. The van der Waals surface area contributed by atoms with Crippen LogP contribution in [-0.2, 0) is 12.8 Å². The van der Waals surface area contributed by atoms with Crippen LogP contribution in [0.2, 0.25) is 0 Å². The first-order chi connectivity index (χ1) is 22.5. The standard InChI is InChI=1S/C38H29F2NO6/c1-19-15-25(35(44)22-10-3-6-12-29(22)39)37(46)27(33(19)42)17-24-21-9-5-8-14-31(21)41-32(24)18-28-34(43)20(2)16-26(38(28)47)36(45)23-11-4-7-13-30(23)40/h3-16,41-43,46-47H,17-18H2,1-2H3. The molecule has 0 aliphatic rings. The highest BCUT2D eigenvalue weighted by molar-refractivity contribution is 6.12. The van der Waals surface area contributed by atoms with Gasteiger partial charge in [-0.05, 0) is 73.0 Å². The van der Waals surface area contributed by atoms with Crippen molar-refractivity contribution in [2.24, 2.45) is 0 Å². The van der Waals surface area contributed by atoms with Crippen LogP contribution in [-0.4, -0.2) is 37.0 Å². The van der Waals surface area contributed by atoms with Gasteiger partial charge in [0.2, 0.25) is 0 Å². The SMILES string of the molecule is Cc1cc(C(=O)c2ccccc2F)c(O)c(Cc2[nH]c3ccccc3c2Cc2c(O)c(C)cc(C(=O)c3ccccc3F)c2O)c1O. The number of phenols is 4. The molecule has 5 aromatic carbocycles. The van der Waals surface area contributed by atoms with Crippen LogP contribution in [0, 0.1) is 25.5 Å². The minimum Gasteiger partial charge on any atom is -0.507 e. The molecule has 0 bridgehead atoms. The Balaban J connectivity index is 1.47. The Kier molecular flexibility index (Phi) is 7.99. The lowest BCUT2D eigenvalue weighted by Gasteiger charge is -2.16. The minimum absolute atomic E-state index is 0.00519. The molecular formula is C38H29F2NO6. The van der Waals surface area contributed by atoms with Crippen molar-refractivity contribution in [1.82, 2.24) is 4.98 Å². The molecule has 0 atom stereocenters. The number of H-pyrrole nitrogens is 1. The summed E-state index contributed by atoms with van der Waals surface area (Å²) in [7, 11) is 0. The first kappa shape index (κ1) is 31.0. The third-order valence-electron chi connectivity index (χ3n) is 8.46. The lowest BCUT2D eigenvalue weighted by Crippen LogP contribution is -2.08. The second-order valence-corrected chi connectivity index (χ2v) is 11.4. The molecule has 9 heteroatoms. The number of para-hydroxylation sites is 1. The van der Waals surface area contributed by atoms with Crippen molar-refractivity contribution in [2.45, 2.75) is 26.7 Å². The zero-order chi connectivity index (χ0) is 33.6. The number of carbonyl (C=O) groups is 2. The van der Waals surface area contributed by atoms with Gasteiger partial charge in [-0.2, -0.15) is 0 Å². The Morgan fingerprint density at radius 3 is 1.53 bits per heavy atom. The van der Waals surface area contributed by atoms with Gasteiger partial charge in [0.05, 0.1) is 22.3 Å². The average Bonchev–Trinajstić information content (AvgIpc) is 3.41. The molecule has 1 aromatic heterocycles. The summed E-state index contributed by atoms with van der Waals surface area (Å²) in [5.41, 5.74) is 1.42. The number of benzene rings is 5. The van der Waals surface area contributed by atoms with E-state index in [1.54, 1.807) is 32.0 Å². The van der Waals surface area contributed by atoms with E-state index in [0.29, 0.717) is 22.2 Å². The number of hydrogen-bond donors (Lipinski definition) is 5. The van der Waals surface area contributed by atoms with Gasteiger partial charge in [0.1, 0.15) is 34.6 Å². The second-order valence-electron chi connectivity index (χ2n) is 11.4. The number of phenolic OH excluding ortho intramolecular Hbond substituents is 4. The van der Waals surface area contributed by atoms with Crippen LogP contribution < -0.4 is 0 Å². The van der Waals surface area contributed by atoms with E-state index >= 15 is 0 Å². The minimum atomic E-state index is -0.761. The van der Waals surface area contributed by atoms with E-state index in [1.807, 2.05) is 6.07 Å². The largest absolute Gasteiger partial charge is 0.507 e. The van der Waals surface area contributed by atoms with E-state index in [-0.39, 0.29) is 68.8 Å². The molecule has 1 heterocycles. The van der Waals surface area contributed by atoms with E-state index in [0.717, 1.165) is 12.1 Å². The summed E-state index contributed by atoms with van der Waals surface area (Å²) in [5.74, 6) is -4.60. The number of ketones is 2. The van der Waals surface area contributed by atoms with Gasteiger partial charge in [-0.25, -0.2) is 8.78 Å². The van der Waals surface area contributed by atoms with Crippen LogP contribution in [0.4, 0.5) is 8.78 Å². The normalized spacial score (nSPS) is 11.2. The Labute approximate surface area is 268 Å². The summed E-state index contributed by atoms with van der Waals surface area (Å²) < 4.78 is 29.0. The van der Waals surface area contributed by atoms with Crippen LogP contribution in [0.15, 0.2) is 84.9 Å². The Morgan fingerprint density at radius 1 is 0.574 bits per heavy atom.